The van der Waals surface area contributed by atoms with Gasteiger partial charge in [0.05, 0.1) is 12.8 Å². The van der Waals surface area contributed by atoms with E-state index in [0.717, 1.165) is 37.1 Å². The number of methoxy groups -OCH3 is 1. The second kappa shape index (κ2) is 8.49. The second-order valence-corrected chi connectivity index (χ2v) is 8.84. The highest BCUT2D eigenvalue weighted by molar-refractivity contribution is 5.68. The number of likely N-dealkylation sites (tertiary alicyclic amines) is 1. The second-order valence-electron chi connectivity index (χ2n) is 8.84. The molecule has 1 amide bonds. The average molecular weight is 375 g/mol. The van der Waals surface area contributed by atoms with E-state index in [1.165, 1.54) is 36.9 Å². The summed E-state index contributed by atoms with van der Waals surface area (Å²) >= 11 is 0. The van der Waals surface area contributed by atoms with Gasteiger partial charge in [0.1, 0.15) is 11.4 Å². The van der Waals surface area contributed by atoms with Crippen LogP contribution in [-0.4, -0.2) is 41.8 Å². The molecule has 0 saturated carbocycles. The summed E-state index contributed by atoms with van der Waals surface area (Å²) in [6, 6.07) is 2.23. The molecule has 1 aliphatic carbocycles. The lowest BCUT2D eigenvalue weighted by atomic mass is 9.90. The summed E-state index contributed by atoms with van der Waals surface area (Å²) in [5.74, 6) is 1.26. The van der Waals surface area contributed by atoms with Crippen molar-refractivity contribution in [3.63, 3.8) is 0 Å². The number of carbonyl (C=O) groups excluding carboxylic acids is 1. The quantitative estimate of drug-likeness (QED) is 0.741. The molecule has 150 valence electrons. The first-order valence-electron chi connectivity index (χ1n) is 10.4. The Bertz CT molecular complexity index is 658. The van der Waals surface area contributed by atoms with Crippen LogP contribution in [0.25, 0.3) is 0 Å². The van der Waals surface area contributed by atoms with Gasteiger partial charge in [-0.05, 0) is 70.9 Å². The molecule has 1 saturated heterocycles. The van der Waals surface area contributed by atoms with Gasteiger partial charge in [0.2, 0.25) is 0 Å². The molecule has 5 heteroatoms. The Labute approximate surface area is 163 Å². The lowest BCUT2D eigenvalue weighted by Crippen LogP contribution is -2.41. The van der Waals surface area contributed by atoms with Crippen LogP contribution in [-0.2, 0) is 17.6 Å². The summed E-state index contributed by atoms with van der Waals surface area (Å²) in [6.07, 6.45) is 8.86. The number of nitrogens with zero attached hydrogens (tertiary/aromatic N) is 2. The average Bonchev–Trinajstić information content (AvgIpc) is 2.60. The van der Waals surface area contributed by atoms with Gasteiger partial charge >= 0.3 is 6.09 Å². The van der Waals surface area contributed by atoms with Crippen LogP contribution in [0.2, 0.25) is 0 Å². The maximum atomic E-state index is 12.3. The Kier molecular flexibility index (Phi) is 6.28. The summed E-state index contributed by atoms with van der Waals surface area (Å²) in [7, 11) is 1.74. The van der Waals surface area contributed by atoms with Gasteiger partial charge in [0.25, 0.3) is 0 Å². The molecule has 2 heterocycles. The van der Waals surface area contributed by atoms with Gasteiger partial charge in [-0.1, -0.05) is 12.8 Å². The van der Waals surface area contributed by atoms with E-state index in [2.05, 4.69) is 6.07 Å². The standard InChI is InChI=1S/C22H34N2O3/c1-22(2,3)27-21(25)24-13-11-16(12-14-24)20-19(26-4)15-17-9-7-5-6-8-10-18(17)23-20/h15-16H,5-14H2,1-4H3. The molecule has 0 radical (unpaired) electrons. The number of aromatic nitrogens is 1. The summed E-state index contributed by atoms with van der Waals surface area (Å²) in [6.45, 7) is 7.14. The molecule has 0 N–H and O–H groups in total. The van der Waals surface area contributed by atoms with Crippen molar-refractivity contribution < 1.29 is 14.3 Å². The number of piperidine rings is 1. The molecule has 1 aromatic rings. The van der Waals surface area contributed by atoms with Crippen LogP contribution < -0.4 is 4.74 Å². The van der Waals surface area contributed by atoms with Gasteiger partial charge in [-0.25, -0.2) is 4.79 Å². The largest absolute Gasteiger partial charge is 0.495 e. The Morgan fingerprint density at radius 1 is 1.11 bits per heavy atom. The normalized spacial score (nSPS) is 19.0. The van der Waals surface area contributed by atoms with E-state index in [1.54, 1.807) is 7.11 Å². The molecule has 0 atom stereocenters. The van der Waals surface area contributed by atoms with Crippen molar-refractivity contribution in [3.05, 3.63) is 23.0 Å². The highest BCUT2D eigenvalue weighted by Crippen LogP contribution is 2.35. The third kappa shape index (κ3) is 5.14. The van der Waals surface area contributed by atoms with Gasteiger partial charge in [-0.3, -0.25) is 4.98 Å². The minimum Gasteiger partial charge on any atom is -0.495 e. The number of carbonyl (C=O) groups is 1. The number of hydrogen-bond donors (Lipinski definition) is 0. The third-order valence-electron chi connectivity index (χ3n) is 5.55. The van der Waals surface area contributed by atoms with Crippen molar-refractivity contribution in [1.82, 2.24) is 9.88 Å². The fraction of sp³-hybridized carbons (Fsp3) is 0.727. The predicted octanol–water partition coefficient (Wildman–Crippen LogP) is 4.86. The molecule has 2 aliphatic rings. The van der Waals surface area contributed by atoms with Crippen molar-refractivity contribution in [1.29, 1.82) is 0 Å². The lowest BCUT2D eigenvalue weighted by molar-refractivity contribution is 0.0203. The van der Waals surface area contributed by atoms with Crippen LogP contribution in [0.15, 0.2) is 6.07 Å². The third-order valence-corrected chi connectivity index (χ3v) is 5.55. The predicted molar refractivity (Wildman–Crippen MR) is 106 cm³/mol. The molecule has 0 unspecified atom stereocenters. The molecule has 0 aromatic carbocycles. The molecule has 1 aliphatic heterocycles. The monoisotopic (exact) mass is 374 g/mol. The summed E-state index contributed by atoms with van der Waals surface area (Å²) < 4.78 is 11.2. The number of aryl methyl sites for hydroxylation is 2. The number of rotatable bonds is 2. The molecule has 0 spiro atoms. The summed E-state index contributed by atoms with van der Waals surface area (Å²) in [5.41, 5.74) is 3.26. The molecule has 0 bridgehead atoms. The molecule has 3 rings (SSSR count). The fourth-order valence-corrected chi connectivity index (χ4v) is 4.10. The molecular formula is C22H34N2O3. The zero-order chi connectivity index (χ0) is 19.4. The van der Waals surface area contributed by atoms with Crippen LogP contribution in [0.5, 0.6) is 5.75 Å². The van der Waals surface area contributed by atoms with E-state index >= 15 is 0 Å². The molecular weight excluding hydrogens is 340 g/mol. The summed E-state index contributed by atoms with van der Waals surface area (Å²) in [4.78, 5) is 19.2. The van der Waals surface area contributed by atoms with Crippen LogP contribution >= 0.6 is 0 Å². The van der Waals surface area contributed by atoms with E-state index in [1.807, 2.05) is 25.7 Å². The fourth-order valence-electron chi connectivity index (χ4n) is 4.10. The first-order valence-corrected chi connectivity index (χ1v) is 10.4. The number of pyridine rings is 1. The minimum absolute atomic E-state index is 0.209. The maximum absolute atomic E-state index is 12.3. The van der Waals surface area contributed by atoms with Gasteiger partial charge in [-0.2, -0.15) is 0 Å². The number of amides is 1. The van der Waals surface area contributed by atoms with Gasteiger partial charge in [-0.15, -0.1) is 0 Å². The highest BCUT2D eigenvalue weighted by atomic mass is 16.6. The van der Waals surface area contributed by atoms with Crippen LogP contribution in [0.1, 0.15) is 82.2 Å². The van der Waals surface area contributed by atoms with Gasteiger partial charge < -0.3 is 14.4 Å². The Balaban J connectivity index is 1.71. The molecule has 27 heavy (non-hydrogen) atoms. The smallest absolute Gasteiger partial charge is 0.410 e. The van der Waals surface area contributed by atoms with Gasteiger partial charge in [0.15, 0.2) is 0 Å². The SMILES string of the molecule is COc1cc2c(nc1C1CCN(C(=O)OC(C)(C)C)CC1)CCCCCC2. The number of hydrogen-bond acceptors (Lipinski definition) is 4. The molecule has 1 fully saturated rings. The Morgan fingerprint density at radius 3 is 2.41 bits per heavy atom. The van der Waals surface area contributed by atoms with Crippen molar-refractivity contribution in [2.24, 2.45) is 0 Å². The van der Waals surface area contributed by atoms with Crippen LogP contribution in [0.4, 0.5) is 4.79 Å². The molecule has 1 aromatic heterocycles. The van der Waals surface area contributed by atoms with Crippen molar-refractivity contribution in [2.45, 2.75) is 83.7 Å². The first-order chi connectivity index (χ1) is 12.9. The minimum atomic E-state index is -0.450. The van der Waals surface area contributed by atoms with E-state index in [-0.39, 0.29) is 6.09 Å². The van der Waals surface area contributed by atoms with Crippen molar-refractivity contribution in [2.75, 3.05) is 20.2 Å². The van der Waals surface area contributed by atoms with E-state index in [0.29, 0.717) is 19.0 Å². The van der Waals surface area contributed by atoms with Crippen LogP contribution in [0, 0.1) is 0 Å². The lowest BCUT2D eigenvalue weighted by Gasteiger charge is -2.34. The van der Waals surface area contributed by atoms with Gasteiger partial charge in [0, 0.05) is 24.7 Å². The maximum Gasteiger partial charge on any atom is 0.410 e. The van der Waals surface area contributed by atoms with E-state index in [9.17, 15) is 4.79 Å². The van der Waals surface area contributed by atoms with Crippen LogP contribution in [0.3, 0.4) is 0 Å². The van der Waals surface area contributed by atoms with E-state index in [4.69, 9.17) is 14.5 Å². The van der Waals surface area contributed by atoms with Crippen molar-refractivity contribution >= 4 is 6.09 Å². The first kappa shape index (κ1) is 20.0. The Morgan fingerprint density at radius 2 is 1.78 bits per heavy atom. The number of ether oxygens (including phenoxy) is 2. The number of fused-ring (bicyclic) bond motifs is 1. The highest BCUT2D eigenvalue weighted by Gasteiger charge is 2.30. The molecule has 5 nitrogen and oxygen atoms in total. The van der Waals surface area contributed by atoms with Crippen molar-refractivity contribution in [3.8, 4) is 5.75 Å². The summed E-state index contributed by atoms with van der Waals surface area (Å²) in [5, 5.41) is 0. The van der Waals surface area contributed by atoms with E-state index < -0.39 is 5.60 Å². The zero-order valence-corrected chi connectivity index (χ0v) is 17.3. The zero-order valence-electron chi connectivity index (χ0n) is 17.3. The topological polar surface area (TPSA) is 51.7 Å². The Hall–Kier alpha value is -1.78.